The van der Waals surface area contributed by atoms with E-state index < -0.39 is 0 Å². The molecule has 150 valence electrons. The average Bonchev–Trinajstić information content (AvgIpc) is 3.50. The molecule has 0 aliphatic heterocycles. The summed E-state index contributed by atoms with van der Waals surface area (Å²) in [4.78, 5) is 9.01. The molecule has 6 nitrogen and oxygen atoms in total. The van der Waals surface area contributed by atoms with Crippen molar-refractivity contribution < 1.29 is 9.47 Å². The largest absolute Gasteiger partial charge is 0.481 e. The quantitative estimate of drug-likeness (QED) is 0.607. The van der Waals surface area contributed by atoms with Gasteiger partial charge in [-0.3, -0.25) is 0 Å². The van der Waals surface area contributed by atoms with E-state index in [9.17, 15) is 0 Å². The second-order valence-electron chi connectivity index (χ2n) is 7.50. The van der Waals surface area contributed by atoms with Crippen LogP contribution >= 0.6 is 0 Å². The van der Waals surface area contributed by atoms with Crippen LogP contribution in [0.15, 0.2) is 54.6 Å². The molecule has 0 radical (unpaired) electrons. The Hall–Kier alpha value is -3.12. The Kier molecular flexibility index (Phi) is 5.36. The summed E-state index contributed by atoms with van der Waals surface area (Å²) < 4.78 is 10.8. The molecular formula is C23H26N4O2. The standard InChI is InChI=1S/C23H26N4O2/c1-28-15-23(12-13-23)27-22-25-20(24)19(21(26-22)29-2)14-16-8-10-18(11-9-16)17-6-4-3-5-7-17/h3-11H,12-15H2,1-2H3,(H3,24,25,26,27). The first-order chi connectivity index (χ1) is 14.1. The first-order valence-electron chi connectivity index (χ1n) is 9.74. The van der Waals surface area contributed by atoms with E-state index in [1.165, 1.54) is 11.1 Å². The van der Waals surface area contributed by atoms with E-state index in [2.05, 4.69) is 51.7 Å². The third-order valence-electron chi connectivity index (χ3n) is 5.29. The Morgan fingerprint density at radius 1 is 0.966 bits per heavy atom. The summed E-state index contributed by atoms with van der Waals surface area (Å²) in [5, 5.41) is 3.36. The van der Waals surface area contributed by atoms with Crippen molar-refractivity contribution in [3.63, 3.8) is 0 Å². The second-order valence-corrected chi connectivity index (χ2v) is 7.50. The molecule has 1 aromatic heterocycles. The Labute approximate surface area is 171 Å². The van der Waals surface area contributed by atoms with Crippen LogP contribution in [0.3, 0.4) is 0 Å². The van der Waals surface area contributed by atoms with Crippen LogP contribution in [0.25, 0.3) is 11.1 Å². The second kappa shape index (κ2) is 8.09. The van der Waals surface area contributed by atoms with Crippen molar-refractivity contribution in [2.24, 2.45) is 0 Å². The van der Waals surface area contributed by atoms with Gasteiger partial charge in [-0.1, -0.05) is 54.6 Å². The number of rotatable bonds is 8. The molecule has 1 fully saturated rings. The minimum absolute atomic E-state index is 0.0824. The van der Waals surface area contributed by atoms with Gasteiger partial charge >= 0.3 is 0 Å². The fourth-order valence-corrected chi connectivity index (χ4v) is 3.49. The van der Waals surface area contributed by atoms with E-state index in [1.807, 2.05) is 18.2 Å². The highest BCUT2D eigenvalue weighted by molar-refractivity contribution is 5.64. The molecule has 2 aromatic carbocycles. The van der Waals surface area contributed by atoms with Crippen LogP contribution in [0.2, 0.25) is 0 Å². The fraction of sp³-hybridized carbons (Fsp3) is 0.304. The molecule has 1 saturated carbocycles. The highest BCUT2D eigenvalue weighted by atomic mass is 16.5. The number of ether oxygens (including phenoxy) is 2. The molecule has 6 heteroatoms. The molecule has 0 amide bonds. The minimum Gasteiger partial charge on any atom is -0.481 e. The lowest BCUT2D eigenvalue weighted by Gasteiger charge is -2.18. The summed E-state index contributed by atoms with van der Waals surface area (Å²) in [5.41, 5.74) is 10.5. The van der Waals surface area contributed by atoms with E-state index in [0.29, 0.717) is 30.7 Å². The predicted molar refractivity (Wildman–Crippen MR) is 115 cm³/mol. The van der Waals surface area contributed by atoms with E-state index in [-0.39, 0.29) is 5.54 Å². The van der Waals surface area contributed by atoms with E-state index in [0.717, 1.165) is 24.0 Å². The van der Waals surface area contributed by atoms with E-state index in [4.69, 9.17) is 15.2 Å². The van der Waals surface area contributed by atoms with Crippen LogP contribution < -0.4 is 15.8 Å². The number of aromatic nitrogens is 2. The topological polar surface area (TPSA) is 82.3 Å². The lowest BCUT2D eigenvalue weighted by atomic mass is 10.0. The lowest BCUT2D eigenvalue weighted by molar-refractivity contribution is 0.179. The number of hydrogen-bond acceptors (Lipinski definition) is 6. The molecule has 4 rings (SSSR count). The van der Waals surface area contributed by atoms with Crippen molar-refractivity contribution in [2.45, 2.75) is 24.8 Å². The van der Waals surface area contributed by atoms with Crippen molar-refractivity contribution in [2.75, 3.05) is 31.9 Å². The highest BCUT2D eigenvalue weighted by Crippen LogP contribution is 2.39. The number of nitrogens with two attached hydrogens (primary N) is 1. The van der Waals surface area contributed by atoms with Crippen LogP contribution in [0, 0.1) is 0 Å². The monoisotopic (exact) mass is 390 g/mol. The van der Waals surface area contributed by atoms with Crippen molar-refractivity contribution in [1.82, 2.24) is 9.97 Å². The van der Waals surface area contributed by atoms with Crippen LogP contribution in [-0.2, 0) is 11.2 Å². The number of nitrogen functional groups attached to an aromatic ring is 1. The molecule has 0 bridgehead atoms. The highest BCUT2D eigenvalue weighted by Gasteiger charge is 2.43. The van der Waals surface area contributed by atoms with Crippen LogP contribution in [0.5, 0.6) is 5.88 Å². The number of benzene rings is 2. The maximum Gasteiger partial charge on any atom is 0.228 e. The maximum atomic E-state index is 6.28. The van der Waals surface area contributed by atoms with Crippen molar-refractivity contribution in [3.8, 4) is 17.0 Å². The summed E-state index contributed by atoms with van der Waals surface area (Å²) in [6, 6.07) is 18.7. The first-order valence-corrected chi connectivity index (χ1v) is 9.74. The van der Waals surface area contributed by atoms with Gasteiger partial charge in [-0.05, 0) is 29.5 Å². The third kappa shape index (κ3) is 4.32. The molecule has 1 aliphatic rings. The van der Waals surface area contributed by atoms with Gasteiger partial charge in [0.25, 0.3) is 0 Å². The smallest absolute Gasteiger partial charge is 0.228 e. The zero-order chi connectivity index (χ0) is 20.3. The van der Waals surface area contributed by atoms with Gasteiger partial charge in [0.05, 0.1) is 24.8 Å². The number of nitrogens with one attached hydrogen (secondary N) is 1. The Morgan fingerprint density at radius 3 is 2.28 bits per heavy atom. The van der Waals surface area contributed by atoms with Gasteiger partial charge in [-0.2, -0.15) is 9.97 Å². The molecule has 3 aromatic rings. The van der Waals surface area contributed by atoms with Crippen molar-refractivity contribution in [1.29, 1.82) is 0 Å². The van der Waals surface area contributed by atoms with Gasteiger partial charge in [0.1, 0.15) is 5.82 Å². The molecule has 29 heavy (non-hydrogen) atoms. The number of nitrogens with zero attached hydrogens (tertiary/aromatic N) is 2. The summed E-state index contributed by atoms with van der Waals surface area (Å²) in [7, 11) is 3.30. The summed E-state index contributed by atoms with van der Waals surface area (Å²) in [5.74, 6) is 1.41. The molecule has 3 N–H and O–H groups in total. The van der Waals surface area contributed by atoms with Crippen LogP contribution in [0.4, 0.5) is 11.8 Å². The molecule has 0 atom stereocenters. The number of anilines is 2. The first kappa shape index (κ1) is 19.2. The molecule has 1 heterocycles. The van der Waals surface area contributed by atoms with Gasteiger partial charge in [0.2, 0.25) is 11.8 Å². The fourth-order valence-electron chi connectivity index (χ4n) is 3.49. The van der Waals surface area contributed by atoms with Crippen molar-refractivity contribution in [3.05, 3.63) is 65.7 Å². The normalized spacial score (nSPS) is 14.4. The zero-order valence-electron chi connectivity index (χ0n) is 16.8. The van der Waals surface area contributed by atoms with Crippen LogP contribution in [-0.4, -0.2) is 36.3 Å². The molecule has 1 aliphatic carbocycles. The Bertz CT molecular complexity index is 970. The molecule has 0 saturated heterocycles. The van der Waals surface area contributed by atoms with E-state index in [1.54, 1.807) is 14.2 Å². The molecule has 0 unspecified atom stereocenters. The zero-order valence-corrected chi connectivity index (χ0v) is 16.8. The van der Waals surface area contributed by atoms with Crippen LogP contribution in [0.1, 0.15) is 24.0 Å². The van der Waals surface area contributed by atoms with Gasteiger partial charge in [-0.15, -0.1) is 0 Å². The minimum atomic E-state index is -0.0824. The van der Waals surface area contributed by atoms with Gasteiger partial charge in [-0.25, -0.2) is 0 Å². The van der Waals surface area contributed by atoms with E-state index >= 15 is 0 Å². The summed E-state index contributed by atoms with van der Waals surface area (Å²) in [6.07, 6.45) is 2.66. The lowest BCUT2D eigenvalue weighted by Crippen LogP contribution is -2.28. The SMILES string of the molecule is COCC1(Nc2nc(N)c(Cc3ccc(-c4ccccc4)cc3)c(OC)n2)CC1. The molecular weight excluding hydrogens is 364 g/mol. The predicted octanol–water partition coefficient (Wildman–Crippen LogP) is 3.92. The summed E-state index contributed by atoms with van der Waals surface area (Å²) in [6.45, 7) is 0.619. The van der Waals surface area contributed by atoms with Gasteiger partial charge in [0.15, 0.2) is 0 Å². The average molecular weight is 390 g/mol. The van der Waals surface area contributed by atoms with Gasteiger partial charge in [0, 0.05) is 13.5 Å². The Morgan fingerprint density at radius 2 is 1.66 bits per heavy atom. The van der Waals surface area contributed by atoms with Crippen molar-refractivity contribution >= 4 is 11.8 Å². The molecule has 0 spiro atoms. The Balaban J connectivity index is 1.54. The maximum absolute atomic E-state index is 6.28. The number of methoxy groups -OCH3 is 2. The third-order valence-corrected chi connectivity index (χ3v) is 5.29. The number of hydrogen-bond donors (Lipinski definition) is 2. The summed E-state index contributed by atoms with van der Waals surface area (Å²) >= 11 is 0. The van der Waals surface area contributed by atoms with Gasteiger partial charge < -0.3 is 20.5 Å².